The molecule has 1 atom stereocenters. The highest BCUT2D eigenvalue weighted by Gasteiger charge is 2.20. The number of aromatic nitrogens is 2. The Labute approximate surface area is 175 Å². The summed E-state index contributed by atoms with van der Waals surface area (Å²) in [6.45, 7) is 6.24. The summed E-state index contributed by atoms with van der Waals surface area (Å²) < 4.78 is 7.51. The summed E-state index contributed by atoms with van der Waals surface area (Å²) in [6, 6.07) is 0.214. The van der Waals surface area contributed by atoms with Crippen LogP contribution in [0.3, 0.4) is 0 Å². The number of guanidine groups is 1. The number of rotatable bonds is 11. The van der Waals surface area contributed by atoms with Crippen molar-refractivity contribution < 1.29 is 4.74 Å². The van der Waals surface area contributed by atoms with Crippen molar-refractivity contribution >= 4 is 29.9 Å². The highest BCUT2D eigenvalue weighted by atomic mass is 127. The number of aryl methyl sites for hydroxylation is 1. The highest BCUT2D eigenvalue weighted by Crippen LogP contribution is 2.28. The number of ether oxygens (including phenoxy) is 1. The van der Waals surface area contributed by atoms with Crippen molar-refractivity contribution in [1.29, 1.82) is 0 Å². The van der Waals surface area contributed by atoms with Crippen molar-refractivity contribution in [2.24, 2.45) is 18.0 Å². The predicted octanol–water partition coefficient (Wildman–Crippen LogP) is 2.01. The van der Waals surface area contributed by atoms with Crippen LogP contribution in [0.15, 0.2) is 17.4 Å². The average molecular weight is 478 g/mol. The van der Waals surface area contributed by atoms with Crippen molar-refractivity contribution in [3.05, 3.63) is 18.0 Å². The smallest absolute Gasteiger partial charge is 0.191 e. The van der Waals surface area contributed by atoms with E-state index in [1.807, 2.05) is 17.9 Å². The van der Waals surface area contributed by atoms with E-state index in [1.165, 1.54) is 18.4 Å². The predicted molar refractivity (Wildman–Crippen MR) is 117 cm³/mol. The average Bonchev–Trinajstić information content (AvgIpc) is 3.30. The molecule has 0 amide bonds. The second kappa shape index (κ2) is 12.5. The van der Waals surface area contributed by atoms with Crippen LogP contribution in [-0.2, 0) is 11.8 Å². The summed E-state index contributed by atoms with van der Waals surface area (Å²) in [4.78, 5) is 6.93. The van der Waals surface area contributed by atoms with Crippen LogP contribution >= 0.6 is 24.0 Å². The van der Waals surface area contributed by atoms with E-state index in [0.29, 0.717) is 6.54 Å². The molecule has 1 aliphatic carbocycles. The Morgan fingerprint density at radius 2 is 2.19 bits per heavy atom. The van der Waals surface area contributed by atoms with E-state index in [4.69, 9.17) is 9.73 Å². The van der Waals surface area contributed by atoms with Crippen LogP contribution in [0, 0.1) is 5.92 Å². The molecule has 0 aliphatic heterocycles. The molecule has 150 valence electrons. The zero-order valence-corrected chi connectivity index (χ0v) is 18.9. The lowest BCUT2D eigenvalue weighted by Crippen LogP contribution is -2.38. The Morgan fingerprint density at radius 3 is 2.77 bits per heavy atom. The third-order valence-corrected chi connectivity index (χ3v) is 4.31. The van der Waals surface area contributed by atoms with E-state index in [1.54, 1.807) is 0 Å². The van der Waals surface area contributed by atoms with Crippen LogP contribution in [0.25, 0.3) is 0 Å². The van der Waals surface area contributed by atoms with Gasteiger partial charge in [0.25, 0.3) is 0 Å². The van der Waals surface area contributed by atoms with Gasteiger partial charge in [-0.1, -0.05) is 0 Å². The summed E-state index contributed by atoms with van der Waals surface area (Å²) in [5.41, 5.74) is 1.18. The molecule has 0 aromatic carbocycles. The Bertz CT molecular complexity index is 530. The Balaban J connectivity index is 0.00000338. The van der Waals surface area contributed by atoms with Gasteiger partial charge >= 0.3 is 0 Å². The largest absolute Gasteiger partial charge is 0.381 e. The summed E-state index contributed by atoms with van der Waals surface area (Å²) in [5, 5.41) is 11.0. The Hall–Kier alpha value is -0.870. The Kier molecular flexibility index (Phi) is 11.1. The zero-order valence-electron chi connectivity index (χ0n) is 16.6. The molecule has 2 rings (SSSR count). The molecule has 0 bridgehead atoms. The molecule has 1 saturated carbocycles. The first-order valence-electron chi connectivity index (χ1n) is 9.35. The summed E-state index contributed by atoms with van der Waals surface area (Å²) in [6.07, 6.45) is 7.66. The van der Waals surface area contributed by atoms with E-state index in [-0.39, 0.29) is 30.0 Å². The number of hydrogen-bond donors (Lipinski definition) is 2. The minimum absolute atomic E-state index is 0. The van der Waals surface area contributed by atoms with Crippen LogP contribution in [-0.4, -0.2) is 67.6 Å². The molecule has 7 nitrogen and oxygen atoms in total. The van der Waals surface area contributed by atoms with Crippen molar-refractivity contribution in [3.8, 4) is 0 Å². The van der Waals surface area contributed by atoms with Crippen LogP contribution in [0.2, 0.25) is 0 Å². The van der Waals surface area contributed by atoms with Gasteiger partial charge in [-0.05, 0) is 46.2 Å². The normalized spacial score (nSPS) is 15.7. The molecule has 1 aromatic heterocycles. The van der Waals surface area contributed by atoms with Crippen LogP contribution in [0.5, 0.6) is 0 Å². The van der Waals surface area contributed by atoms with Gasteiger partial charge in [-0.2, -0.15) is 5.10 Å². The van der Waals surface area contributed by atoms with Crippen molar-refractivity contribution in [2.45, 2.75) is 32.2 Å². The van der Waals surface area contributed by atoms with E-state index in [2.05, 4.69) is 47.8 Å². The van der Waals surface area contributed by atoms with Gasteiger partial charge in [0.15, 0.2) is 5.96 Å². The lowest BCUT2D eigenvalue weighted by molar-refractivity contribution is 0.123. The van der Waals surface area contributed by atoms with Crippen molar-refractivity contribution in [2.75, 3.05) is 46.9 Å². The second-order valence-electron chi connectivity index (χ2n) is 6.94. The molecule has 1 aromatic rings. The SMILES string of the molecule is CCNC(=NCC(c1cnn(C)c1)N(C)C)NCCCOCC1CC1.I. The minimum Gasteiger partial charge on any atom is -0.381 e. The molecule has 0 spiro atoms. The van der Waals surface area contributed by atoms with Crippen molar-refractivity contribution in [3.63, 3.8) is 0 Å². The quantitative estimate of drug-likeness (QED) is 0.221. The first kappa shape index (κ1) is 23.2. The van der Waals surface area contributed by atoms with Gasteiger partial charge in [-0.3, -0.25) is 9.67 Å². The van der Waals surface area contributed by atoms with E-state index < -0.39 is 0 Å². The lowest BCUT2D eigenvalue weighted by Gasteiger charge is -2.22. The number of aliphatic imine (C=N–C) groups is 1. The molecule has 2 N–H and O–H groups in total. The van der Waals surface area contributed by atoms with Gasteiger partial charge in [-0.15, -0.1) is 24.0 Å². The fraction of sp³-hybridized carbons (Fsp3) is 0.778. The highest BCUT2D eigenvalue weighted by molar-refractivity contribution is 14.0. The monoisotopic (exact) mass is 478 g/mol. The third-order valence-electron chi connectivity index (χ3n) is 4.31. The van der Waals surface area contributed by atoms with Gasteiger partial charge in [0.05, 0.1) is 18.8 Å². The molecule has 1 aliphatic rings. The van der Waals surface area contributed by atoms with Gasteiger partial charge in [0.1, 0.15) is 0 Å². The molecular weight excluding hydrogens is 443 g/mol. The number of nitrogens with zero attached hydrogens (tertiary/aromatic N) is 4. The Morgan fingerprint density at radius 1 is 1.42 bits per heavy atom. The maximum absolute atomic E-state index is 5.67. The summed E-state index contributed by atoms with van der Waals surface area (Å²) in [7, 11) is 6.09. The van der Waals surface area contributed by atoms with E-state index in [0.717, 1.165) is 44.6 Å². The minimum atomic E-state index is 0. The van der Waals surface area contributed by atoms with Gasteiger partial charge in [0.2, 0.25) is 0 Å². The molecular formula is C18H35IN6O. The van der Waals surface area contributed by atoms with Crippen LogP contribution in [0.4, 0.5) is 0 Å². The fourth-order valence-corrected chi connectivity index (χ4v) is 2.61. The molecule has 1 unspecified atom stereocenters. The number of likely N-dealkylation sites (N-methyl/N-ethyl adjacent to an activating group) is 1. The standard InChI is InChI=1S/C18H34N6O.HI/c1-5-19-18(20-9-6-10-25-14-15-7-8-15)21-12-17(23(2)3)16-11-22-24(4)13-16;/h11,13,15,17H,5-10,12,14H2,1-4H3,(H2,19,20,21);1H. The maximum atomic E-state index is 5.67. The van der Waals surface area contributed by atoms with E-state index in [9.17, 15) is 0 Å². The lowest BCUT2D eigenvalue weighted by atomic mass is 10.1. The summed E-state index contributed by atoms with van der Waals surface area (Å²) >= 11 is 0. The maximum Gasteiger partial charge on any atom is 0.191 e. The third kappa shape index (κ3) is 8.68. The number of halogens is 1. The zero-order chi connectivity index (χ0) is 18.1. The molecule has 26 heavy (non-hydrogen) atoms. The van der Waals surface area contributed by atoms with Gasteiger partial charge in [0, 0.05) is 45.1 Å². The second-order valence-corrected chi connectivity index (χ2v) is 6.94. The van der Waals surface area contributed by atoms with Gasteiger partial charge < -0.3 is 20.3 Å². The fourth-order valence-electron chi connectivity index (χ4n) is 2.61. The van der Waals surface area contributed by atoms with Gasteiger partial charge in [-0.25, -0.2) is 0 Å². The molecule has 0 saturated heterocycles. The molecule has 1 heterocycles. The number of hydrogen-bond acceptors (Lipinski definition) is 4. The first-order chi connectivity index (χ1) is 12.1. The van der Waals surface area contributed by atoms with Crippen LogP contribution < -0.4 is 10.6 Å². The topological polar surface area (TPSA) is 66.7 Å². The first-order valence-corrected chi connectivity index (χ1v) is 9.35. The van der Waals surface area contributed by atoms with E-state index >= 15 is 0 Å². The molecule has 0 radical (unpaired) electrons. The summed E-state index contributed by atoms with van der Waals surface area (Å²) in [5.74, 6) is 1.70. The van der Waals surface area contributed by atoms with Crippen LogP contribution in [0.1, 0.15) is 37.8 Å². The number of nitrogens with one attached hydrogen (secondary N) is 2. The molecule has 1 fully saturated rings. The van der Waals surface area contributed by atoms with Crippen molar-refractivity contribution in [1.82, 2.24) is 25.3 Å². The molecule has 8 heteroatoms.